The van der Waals surface area contributed by atoms with Crippen LogP contribution in [0.1, 0.15) is 43.2 Å². The number of aryl methyl sites for hydroxylation is 1. The van der Waals surface area contributed by atoms with E-state index in [4.69, 9.17) is 4.74 Å². The molecule has 0 spiro atoms. The molecule has 3 rings (SSSR count). The van der Waals surface area contributed by atoms with Gasteiger partial charge in [-0.25, -0.2) is 0 Å². The molecule has 1 amide bonds. The largest absolute Gasteiger partial charge is 0.496 e. The molecule has 3 heteroatoms. The van der Waals surface area contributed by atoms with E-state index in [0.717, 1.165) is 25.0 Å². The van der Waals surface area contributed by atoms with Gasteiger partial charge in [0.15, 0.2) is 0 Å². The molecule has 25 heavy (non-hydrogen) atoms. The minimum atomic E-state index is 0.00894. The summed E-state index contributed by atoms with van der Waals surface area (Å²) >= 11 is 0. The fourth-order valence-electron chi connectivity index (χ4n) is 3.93. The topological polar surface area (TPSA) is 38.3 Å². The zero-order valence-electron chi connectivity index (χ0n) is 15.0. The van der Waals surface area contributed by atoms with E-state index < -0.39 is 0 Å². The monoisotopic (exact) mass is 337 g/mol. The lowest BCUT2D eigenvalue weighted by Gasteiger charge is -2.31. The lowest BCUT2D eigenvalue weighted by atomic mass is 9.78. The van der Waals surface area contributed by atoms with Crippen LogP contribution in [-0.2, 0) is 16.6 Å². The Labute approximate surface area is 150 Å². The summed E-state index contributed by atoms with van der Waals surface area (Å²) in [6, 6.07) is 18.4. The lowest BCUT2D eigenvalue weighted by Crippen LogP contribution is -2.39. The maximum Gasteiger partial charge on any atom is 0.220 e. The average Bonchev–Trinajstić information content (AvgIpc) is 3.15. The summed E-state index contributed by atoms with van der Waals surface area (Å²) in [6.07, 6.45) is 5.94. The highest BCUT2D eigenvalue weighted by Crippen LogP contribution is 2.44. The number of methoxy groups -OCH3 is 1. The second kappa shape index (κ2) is 8.19. The van der Waals surface area contributed by atoms with E-state index >= 15 is 0 Å². The van der Waals surface area contributed by atoms with E-state index in [0.29, 0.717) is 13.0 Å². The van der Waals surface area contributed by atoms with E-state index in [-0.39, 0.29) is 11.3 Å². The highest BCUT2D eigenvalue weighted by atomic mass is 16.5. The summed E-state index contributed by atoms with van der Waals surface area (Å²) in [5.41, 5.74) is 2.45. The van der Waals surface area contributed by atoms with Gasteiger partial charge in [0.1, 0.15) is 5.75 Å². The molecule has 1 aliphatic carbocycles. The Bertz CT molecular complexity index is 690. The van der Waals surface area contributed by atoms with Crippen LogP contribution in [0.4, 0.5) is 0 Å². The van der Waals surface area contributed by atoms with Crippen LogP contribution in [0.3, 0.4) is 0 Å². The van der Waals surface area contributed by atoms with Crippen molar-refractivity contribution in [1.29, 1.82) is 0 Å². The fraction of sp³-hybridized carbons (Fsp3) is 0.409. The van der Waals surface area contributed by atoms with Crippen molar-refractivity contribution in [2.45, 2.75) is 43.9 Å². The average molecular weight is 337 g/mol. The molecule has 0 radical (unpaired) electrons. The molecular formula is C22H27NO2. The lowest BCUT2D eigenvalue weighted by molar-refractivity contribution is -0.121. The molecule has 0 aromatic heterocycles. The maximum absolute atomic E-state index is 12.4. The number of nitrogens with one attached hydrogen (secondary N) is 1. The number of para-hydroxylation sites is 1. The number of amides is 1. The van der Waals surface area contributed by atoms with Gasteiger partial charge in [-0.1, -0.05) is 61.4 Å². The van der Waals surface area contributed by atoms with Gasteiger partial charge in [-0.3, -0.25) is 4.79 Å². The standard InChI is InChI=1S/C22H27NO2/c1-25-20-12-6-5-11-19(20)22(15-7-8-16-22)17-23-21(24)14-13-18-9-3-2-4-10-18/h2-6,9-12H,7-8,13-17H2,1H3,(H,23,24). The molecule has 1 N–H and O–H groups in total. The third kappa shape index (κ3) is 4.22. The van der Waals surface area contributed by atoms with Gasteiger partial charge in [0.25, 0.3) is 0 Å². The molecule has 1 aliphatic rings. The van der Waals surface area contributed by atoms with Crippen molar-refractivity contribution in [2.24, 2.45) is 0 Å². The second-order valence-corrected chi connectivity index (χ2v) is 6.95. The Morgan fingerprint density at radius 1 is 1.04 bits per heavy atom. The predicted molar refractivity (Wildman–Crippen MR) is 101 cm³/mol. The number of benzene rings is 2. The molecule has 0 aliphatic heterocycles. The molecule has 0 atom stereocenters. The summed E-state index contributed by atoms with van der Waals surface area (Å²) in [6.45, 7) is 0.695. The molecule has 0 unspecified atom stereocenters. The van der Waals surface area contributed by atoms with Crippen LogP contribution < -0.4 is 10.1 Å². The first-order valence-corrected chi connectivity index (χ1v) is 9.18. The van der Waals surface area contributed by atoms with E-state index in [2.05, 4.69) is 29.6 Å². The van der Waals surface area contributed by atoms with Crippen molar-refractivity contribution in [3.05, 3.63) is 65.7 Å². The molecule has 0 bridgehead atoms. The third-order valence-electron chi connectivity index (χ3n) is 5.35. The number of hydrogen-bond donors (Lipinski definition) is 1. The van der Waals surface area contributed by atoms with Crippen molar-refractivity contribution < 1.29 is 9.53 Å². The molecule has 0 saturated heterocycles. The summed E-state index contributed by atoms with van der Waals surface area (Å²) in [5, 5.41) is 3.19. The van der Waals surface area contributed by atoms with Gasteiger partial charge in [0.2, 0.25) is 5.91 Å². The zero-order valence-corrected chi connectivity index (χ0v) is 15.0. The number of rotatable bonds is 7. The molecule has 2 aromatic carbocycles. The number of carbonyl (C=O) groups is 1. The molecule has 2 aromatic rings. The first-order chi connectivity index (χ1) is 12.2. The first-order valence-electron chi connectivity index (χ1n) is 9.18. The van der Waals surface area contributed by atoms with Crippen LogP contribution in [-0.4, -0.2) is 19.6 Å². The summed E-state index contributed by atoms with van der Waals surface area (Å²) in [4.78, 5) is 12.4. The Balaban J connectivity index is 1.63. The fourth-order valence-corrected chi connectivity index (χ4v) is 3.93. The Morgan fingerprint density at radius 3 is 2.44 bits per heavy atom. The van der Waals surface area contributed by atoms with Gasteiger partial charge >= 0.3 is 0 Å². The maximum atomic E-state index is 12.4. The quantitative estimate of drug-likeness (QED) is 0.820. The van der Waals surface area contributed by atoms with Crippen LogP contribution >= 0.6 is 0 Å². The van der Waals surface area contributed by atoms with Crippen molar-refractivity contribution in [3.8, 4) is 5.75 Å². The molecule has 1 saturated carbocycles. The van der Waals surface area contributed by atoms with Crippen molar-refractivity contribution in [2.75, 3.05) is 13.7 Å². The molecule has 132 valence electrons. The van der Waals surface area contributed by atoms with Crippen LogP contribution in [0.5, 0.6) is 5.75 Å². The van der Waals surface area contributed by atoms with Crippen molar-refractivity contribution >= 4 is 5.91 Å². The number of carbonyl (C=O) groups excluding carboxylic acids is 1. The Morgan fingerprint density at radius 2 is 1.72 bits per heavy atom. The molecule has 3 nitrogen and oxygen atoms in total. The van der Waals surface area contributed by atoms with E-state index in [1.807, 2.05) is 30.3 Å². The smallest absolute Gasteiger partial charge is 0.220 e. The first kappa shape index (κ1) is 17.5. The van der Waals surface area contributed by atoms with Gasteiger partial charge in [-0.05, 0) is 30.9 Å². The Kier molecular flexibility index (Phi) is 5.75. The summed E-state index contributed by atoms with van der Waals surface area (Å²) in [5.74, 6) is 1.06. The predicted octanol–water partition coefficient (Wildman–Crippen LogP) is 4.26. The minimum absolute atomic E-state index is 0.00894. The van der Waals surface area contributed by atoms with Gasteiger partial charge in [-0.2, -0.15) is 0 Å². The van der Waals surface area contributed by atoms with Crippen molar-refractivity contribution in [1.82, 2.24) is 5.32 Å². The van der Waals surface area contributed by atoms with E-state index in [1.165, 1.54) is 24.0 Å². The van der Waals surface area contributed by atoms with Crippen molar-refractivity contribution in [3.63, 3.8) is 0 Å². The number of hydrogen-bond acceptors (Lipinski definition) is 2. The summed E-state index contributed by atoms with van der Waals surface area (Å²) < 4.78 is 5.58. The highest BCUT2D eigenvalue weighted by molar-refractivity contribution is 5.76. The minimum Gasteiger partial charge on any atom is -0.496 e. The normalized spacial score (nSPS) is 15.7. The third-order valence-corrected chi connectivity index (χ3v) is 5.35. The van der Waals surface area contributed by atoms with Crippen LogP contribution in [0.2, 0.25) is 0 Å². The van der Waals surface area contributed by atoms with E-state index in [1.54, 1.807) is 7.11 Å². The number of ether oxygens (including phenoxy) is 1. The SMILES string of the molecule is COc1ccccc1C1(CNC(=O)CCc2ccccc2)CCCC1. The molecule has 1 fully saturated rings. The zero-order chi connectivity index (χ0) is 17.5. The van der Waals surface area contributed by atoms with Crippen LogP contribution in [0.15, 0.2) is 54.6 Å². The summed E-state index contributed by atoms with van der Waals surface area (Å²) in [7, 11) is 1.72. The van der Waals surface area contributed by atoms with Crippen LogP contribution in [0.25, 0.3) is 0 Å². The van der Waals surface area contributed by atoms with Gasteiger partial charge in [0.05, 0.1) is 7.11 Å². The Hall–Kier alpha value is -2.29. The van der Waals surface area contributed by atoms with Gasteiger partial charge in [0, 0.05) is 23.9 Å². The second-order valence-electron chi connectivity index (χ2n) is 6.95. The molecule has 0 heterocycles. The van der Waals surface area contributed by atoms with Gasteiger partial charge in [-0.15, -0.1) is 0 Å². The van der Waals surface area contributed by atoms with Crippen LogP contribution in [0, 0.1) is 0 Å². The molecular weight excluding hydrogens is 310 g/mol. The van der Waals surface area contributed by atoms with Gasteiger partial charge < -0.3 is 10.1 Å². The van der Waals surface area contributed by atoms with E-state index in [9.17, 15) is 4.79 Å². The highest BCUT2D eigenvalue weighted by Gasteiger charge is 2.37.